The van der Waals surface area contributed by atoms with E-state index in [1.807, 2.05) is 37.1 Å². The summed E-state index contributed by atoms with van der Waals surface area (Å²) in [5.41, 5.74) is 1.90. The average molecular weight is 356 g/mol. The molecule has 0 spiro atoms. The van der Waals surface area contributed by atoms with Crippen molar-refractivity contribution in [2.24, 2.45) is 0 Å². The molecule has 0 aromatic heterocycles. The van der Waals surface area contributed by atoms with Crippen molar-refractivity contribution < 1.29 is 9.53 Å². The second-order valence-corrected chi connectivity index (χ2v) is 6.32. The molecule has 1 saturated heterocycles. The second kappa shape index (κ2) is 7.89. The molecule has 21 heavy (non-hydrogen) atoms. The molecule has 1 aliphatic rings. The molecule has 0 aliphatic carbocycles. The van der Waals surface area contributed by atoms with E-state index in [-0.39, 0.29) is 12.0 Å². The van der Waals surface area contributed by atoms with Crippen LogP contribution in [0.3, 0.4) is 0 Å². The van der Waals surface area contributed by atoms with E-state index in [9.17, 15) is 4.79 Å². The van der Waals surface area contributed by atoms with Crippen molar-refractivity contribution in [2.45, 2.75) is 13.0 Å². The van der Waals surface area contributed by atoms with Crippen LogP contribution in [0, 0.1) is 6.92 Å². The molecule has 116 valence electrons. The molecule has 1 amide bonds. The number of rotatable bonds is 5. The molecular weight excluding hydrogens is 334 g/mol. The highest BCUT2D eigenvalue weighted by Gasteiger charge is 2.17. The third-order valence-corrected chi connectivity index (χ3v) is 3.89. The van der Waals surface area contributed by atoms with E-state index in [0.717, 1.165) is 42.0 Å². The Kier molecular flexibility index (Phi) is 6.17. The lowest BCUT2D eigenvalue weighted by Crippen LogP contribution is -2.45. The first-order valence-electron chi connectivity index (χ1n) is 7.11. The molecule has 1 fully saturated rings. The number of hydrogen-bond acceptors (Lipinski definition) is 4. The monoisotopic (exact) mass is 355 g/mol. The summed E-state index contributed by atoms with van der Waals surface area (Å²) < 4.78 is 6.65. The van der Waals surface area contributed by atoms with Gasteiger partial charge in [-0.05, 0) is 37.7 Å². The average Bonchev–Trinajstić information content (AvgIpc) is 2.43. The van der Waals surface area contributed by atoms with Crippen molar-refractivity contribution in [3.8, 4) is 0 Å². The number of halogens is 1. The third-order valence-electron chi connectivity index (χ3n) is 3.40. The number of nitrogens with one attached hydrogen (secondary N) is 2. The van der Waals surface area contributed by atoms with E-state index in [0.29, 0.717) is 6.54 Å². The van der Waals surface area contributed by atoms with Crippen molar-refractivity contribution in [3.63, 3.8) is 0 Å². The molecule has 1 unspecified atom stereocenters. The van der Waals surface area contributed by atoms with Crippen LogP contribution in [0.25, 0.3) is 0 Å². The molecule has 1 aliphatic heterocycles. The first kappa shape index (κ1) is 16.4. The number of benzene rings is 1. The first-order valence-corrected chi connectivity index (χ1v) is 7.91. The number of morpholine rings is 1. The van der Waals surface area contributed by atoms with Gasteiger partial charge in [-0.3, -0.25) is 9.69 Å². The van der Waals surface area contributed by atoms with Crippen molar-refractivity contribution >= 4 is 27.5 Å². The minimum Gasteiger partial charge on any atom is -0.374 e. The maximum atomic E-state index is 12.1. The number of carbonyl (C=O) groups is 1. The zero-order chi connectivity index (χ0) is 15.2. The standard InChI is InChI=1S/C15H22BrN3O2/c1-11-7-12(16)3-4-14(11)18-15(20)10-19(2)9-13-8-17-5-6-21-13/h3-4,7,13,17H,5-6,8-10H2,1-2H3,(H,18,20). The Morgan fingerprint density at radius 1 is 1.57 bits per heavy atom. The van der Waals surface area contributed by atoms with Gasteiger partial charge in [0.2, 0.25) is 5.91 Å². The number of amides is 1. The summed E-state index contributed by atoms with van der Waals surface area (Å²) in [4.78, 5) is 14.1. The number of ether oxygens (including phenoxy) is 1. The third kappa shape index (κ3) is 5.39. The van der Waals surface area contributed by atoms with Gasteiger partial charge in [0.15, 0.2) is 0 Å². The van der Waals surface area contributed by atoms with Gasteiger partial charge in [0.05, 0.1) is 19.3 Å². The topological polar surface area (TPSA) is 53.6 Å². The summed E-state index contributed by atoms with van der Waals surface area (Å²) in [6, 6.07) is 5.82. The van der Waals surface area contributed by atoms with Gasteiger partial charge in [0.25, 0.3) is 0 Å². The van der Waals surface area contributed by atoms with E-state index in [4.69, 9.17) is 4.74 Å². The molecule has 0 bridgehead atoms. The minimum absolute atomic E-state index is 0.00769. The van der Waals surface area contributed by atoms with Crippen LogP contribution < -0.4 is 10.6 Å². The number of anilines is 1. The molecule has 5 nitrogen and oxygen atoms in total. The molecule has 1 heterocycles. The zero-order valence-corrected chi connectivity index (χ0v) is 14.1. The van der Waals surface area contributed by atoms with Gasteiger partial charge in [-0.15, -0.1) is 0 Å². The predicted octanol–water partition coefficient (Wildman–Crippen LogP) is 1.62. The molecule has 1 aromatic rings. The van der Waals surface area contributed by atoms with Crippen LogP contribution in [-0.2, 0) is 9.53 Å². The van der Waals surface area contributed by atoms with E-state index in [1.54, 1.807) is 0 Å². The van der Waals surface area contributed by atoms with Crippen molar-refractivity contribution in [2.75, 3.05) is 45.2 Å². The predicted molar refractivity (Wildman–Crippen MR) is 87.6 cm³/mol. The van der Waals surface area contributed by atoms with Gasteiger partial charge in [-0.2, -0.15) is 0 Å². The summed E-state index contributed by atoms with van der Waals surface area (Å²) in [5, 5.41) is 6.24. The number of nitrogens with zero attached hydrogens (tertiary/aromatic N) is 1. The highest BCUT2D eigenvalue weighted by Crippen LogP contribution is 2.19. The lowest BCUT2D eigenvalue weighted by atomic mass is 10.2. The Morgan fingerprint density at radius 3 is 3.05 bits per heavy atom. The lowest BCUT2D eigenvalue weighted by molar-refractivity contribution is -0.117. The van der Waals surface area contributed by atoms with Crippen molar-refractivity contribution in [1.29, 1.82) is 0 Å². The van der Waals surface area contributed by atoms with Crippen LogP contribution >= 0.6 is 15.9 Å². The van der Waals surface area contributed by atoms with Gasteiger partial charge >= 0.3 is 0 Å². The molecule has 2 N–H and O–H groups in total. The SMILES string of the molecule is Cc1cc(Br)ccc1NC(=O)CN(C)CC1CNCCO1. The van der Waals surface area contributed by atoms with E-state index < -0.39 is 0 Å². The molecule has 6 heteroatoms. The van der Waals surface area contributed by atoms with Gasteiger partial charge in [0.1, 0.15) is 0 Å². The van der Waals surface area contributed by atoms with Crippen molar-refractivity contribution in [1.82, 2.24) is 10.2 Å². The van der Waals surface area contributed by atoms with E-state index in [1.165, 1.54) is 0 Å². The molecule has 1 aromatic carbocycles. The van der Waals surface area contributed by atoms with Crippen LogP contribution in [0.5, 0.6) is 0 Å². The second-order valence-electron chi connectivity index (χ2n) is 5.40. The van der Waals surface area contributed by atoms with Crippen LogP contribution in [0.4, 0.5) is 5.69 Å². The lowest BCUT2D eigenvalue weighted by Gasteiger charge is -2.27. The number of hydrogen-bond donors (Lipinski definition) is 2. The Labute approximate surface area is 134 Å². The summed E-state index contributed by atoms with van der Waals surface area (Å²) in [6.07, 6.45) is 0.158. The summed E-state index contributed by atoms with van der Waals surface area (Å²) >= 11 is 3.42. The fourth-order valence-electron chi connectivity index (χ4n) is 2.35. The zero-order valence-electron chi connectivity index (χ0n) is 12.5. The fourth-order valence-corrected chi connectivity index (χ4v) is 2.83. The fraction of sp³-hybridized carbons (Fsp3) is 0.533. The van der Waals surface area contributed by atoms with Crippen LogP contribution in [0.2, 0.25) is 0 Å². The minimum atomic E-state index is -0.00769. The summed E-state index contributed by atoms with van der Waals surface area (Å²) in [7, 11) is 1.94. The van der Waals surface area contributed by atoms with Gasteiger partial charge in [-0.25, -0.2) is 0 Å². The molecule has 0 radical (unpaired) electrons. The Morgan fingerprint density at radius 2 is 2.38 bits per heavy atom. The Balaban J connectivity index is 1.80. The smallest absolute Gasteiger partial charge is 0.238 e. The molecule has 2 rings (SSSR count). The van der Waals surface area contributed by atoms with Gasteiger partial charge < -0.3 is 15.4 Å². The maximum Gasteiger partial charge on any atom is 0.238 e. The number of carbonyl (C=O) groups excluding carboxylic acids is 1. The quantitative estimate of drug-likeness (QED) is 0.842. The van der Waals surface area contributed by atoms with Crippen LogP contribution in [-0.4, -0.2) is 56.7 Å². The maximum absolute atomic E-state index is 12.1. The van der Waals surface area contributed by atoms with Gasteiger partial charge in [0, 0.05) is 29.8 Å². The van der Waals surface area contributed by atoms with E-state index in [2.05, 4.69) is 26.6 Å². The molecule has 1 atom stereocenters. The molecular formula is C15H22BrN3O2. The Hall–Kier alpha value is -0.950. The number of likely N-dealkylation sites (N-methyl/N-ethyl adjacent to an activating group) is 1. The van der Waals surface area contributed by atoms with Crippen LogP contribution in [0.15, 0.2) is 22.7 Å². The Bertz CT molecular complexity index is 490. The number of aryl methyl sites for hydroxylation is 1. The normalized spacial score (nSPS) is 18.8. The summed E-state index contributed by atoms with van der Waals surface area (Å²) in [6.45, 7) is 5.57. The highest BCUT2D eigenvalue weighted by molar-refractivity contribution is 9.10. The summed E-state index contributed by atoms with van der Waals surface area (Å²) in [5.74, 6) is -0.00769. The van der Waals surface area contributed by atoms with Crippen LogP contribution in [0.1, 0.15) is 5.56 Å². The van der Waals surface area contributed by atoms with Crippen molar-refractivity contribution in [3.05, 3.63) is 28.2 Å². The van der Waals surface area contributed by atoms with E-state index >= 15 is 0 Å². The first-order chi connectivity index (χ1) is 10.0. The van der Waals surface area contributed by atoms with Gasteiger partial charge in [-0.1, -0.05) is 15.9 Å². The molecule has 0 saturated carbocycles. The highest BCUT2D eigenvalue weighted by atomic mass is 79.9. The largest absolute Gasteiger partial charge is 0.374 e.